The number of nitrogens with zero attached hydrogens (tertiary/aromatic N) is 2. The van der Waals surface area contributed by atoms with E-state index in [0.717, 1.165) is 26.1 Å². The van der Waals surface area contributed by atoms with E-state index in [4.69, 9.17) is 0 Å². The quantitative estimate of drug-likeness (QED) is 0.894. The Morgan fingerprint density at radius 1 is 1.45 bits per heavy atom. The fourth-order valence-corrected chi connectivity index (χ4v) is 3.51. The van der Waals surface area contributed by atoms with E-state index in [9.17, 15) is 4.79 Å². The Morgan fingerprint density at radius 2 is 2.23 bits per heavy atom. The van der Waals surface area contributed by atoms with Crippen LogP contribution in [0.4, 0.5) is 0 Å². The number of amides is 1. The predicted molar refractivity (Wildman–Crippen MR) is 89.5 cm³/mol. The molecule has 1 amide bonds. The van der Waals surface area contributed by atoms with Gasteiger partial charge in [-0.05, 0) is 43.7 Å². The van der Waals surface area contributed by atoms with Crippen molar-refractivity contribution in [2.75, 3.05) is 19.6 Å². The SMILES string of the molecule is CC1(CNC(=O)c2ccn(C3CCCNC3)n2)CCCC1.Cl. The Hall–Kier alpha value is -1.07. The summed E-state index contributed by atoms with van der Waals surface area (Å²) in [6, 6.07) is 2.22. The molecule has 22 heavy (non-hydrogen) atoms. The van der Waals surface area contributed by atoms with Gasteiger partial charge in [0.25, 0.3) is 5.91 Å². The third kappa shape index (κ3) is 4.02. The van der Waals surface area contributed by atoms with Gasteiger partial charge < -0.3 is 10.6 Å². The molecule has 124 valence electrons. The molecule has 3 rings (SSSR count). The maximum Gasteiger partial charge on any atom is 0.271 e. The summed E-state index contributed by atoms with van der Waals surface area (Å²) in [5, 5.41) is 10.9. The molecular formula is C16H27ClN4O. The average molecular weight is 327 g/mol. The van der Waals surface area contributed by atoms with Crippen LogP contribution < -0.4 is 10.6 Å². The van der Waals surface area contributed by atoms with Crippen molar-refractivity contribution in [1.82, 2.24) is 20.4 Å². The molecule has 2 aliphatic rings. The number of carbonyl (C=O) groups excluding carboxylic acids is 1. The van der Waals surface area contributed by atoms with Crippen molar-refractivity contribution in [2.24, 2.45) is 5.41 Å². The third-order valence-corrected chi connectivity index (χ3v) is 4.97. The molecule has 1 aromatic heterocycles. The van der Waals surface area contributed by atoms with Crippen molar-refractivity contribution in [3.05, 3.63) is 18.0 Å². The van der Waals surface area contributed by atoms with Crippen LogP contribution in [0.1, 0.15) is 62.0 Å². The highest BCUT2D eigenvalue weighted by Crippen LogP contribution is 2.36. The van der Waals surface area contributed by atoms with Gasteiger partial charge in [-0.2, -0.15) is 5.10 Å². The van der Waals surface area contributed by atoms with Crippen molar-refractivity contribution in [1.29, 1.82) is 0 Å². The summed E-state index contributed by atoms with van der Waals surface area (Å²) in [4.78, 5) is 12.2. The lowest BCUT2D eigenvalue weighted by atomic mass is 9.89. The molecule has 1 atom stereocenters. The lowest BCUT2D eigenvalue weighted by Gasteiger charge is -2.23. The monoisotopic (exact) mass is 326 g/mol. The molecule has 1 saturated heterocycles. The Balaban J connectivity index is 0.00000176. The van der Waals surface area contributed by atoms with Gasteiger partial charge in [0.1, 0.15) is 5.69 Å². The van der Waals surface area contributed by atoms with E-state index in [1.54, 1.807) is 0 Å². The van der Waals surface area contributed by atoms with Crippen LogP contribution in [0.2, 0.25) is 0 Å². The van der Waals surface area contributed by atoms with Crippen molar-refractivity contribution >= 4 is 18.3 Å². The fraction of sp³-hybridized carbons (Fsp3) is 0.750. The molecule has 2 heterocycles. The molecule has 2 fully saturated rings. The lowest BCUT2D eigenvalue weighted by molar-refractivity contribution is 0.0928. The number of hydrogen-bond acceptors (Lipinski definition) is 3. The highest BCUT2D eigenvalue weighted by Gasteiger charge is 2.29. The summed E-state index contributed by atoms with van der Waals surface area (Å²) in [6.07, 6.45) is 9.25. The number of rotatable bonds is 4. The van der Waals surface area contributed by atoms with Crippen molar-refractivity contribution in [2.45, 2.75) is 51.5 Å². The third-order valence-electron chi connectivity index (χ3n) is 4.97. The zero-order valence-electron chi connectivity index (χ0n) is 13.3. The van der Waals surface area contributed by atoms with E-state index in [-0.39, 0.29) is 23.7 Å². The number of nitrogens with one attached hydrogen (secondary N) is 2. The van der Waals surface area contributed by atoms with Gasteiger partial charge in [-0.3, -0.25) is 9.48 Å². The molecule has 1 saturated carbocycles. The summed E-state index contributed by atoms with van der Waals surface area (Å²) in [6.45, 7) is 5.07. The first-order valence-corrected chi connectivity index (χ1v) is 8.20. The standard InChI is InChI=1S/C16H26N4O.ClH/c1-16(7-2-3-8-16)12-18-15(21)14-6-10-20(19-14)13-5-4-9-17-11-13;/h6,10,13,17H,2-5,7-9,11-12H2,1H3,(H,18,21);1H. The molecule has 0 aromatic carbocycles. The predicted octanol–water partition coefficient (Wildman–Crippen LogP) is 2.54. The first kappa shape index (κ1) is 17.3. The van der Waals surface area contributed by atoms with E-state index in [0.29, 0.717) is 11.7 Å². The molecule has 5 nitrogen and oxygen atoms in total. The zero-order valence-corrected chi connectivity index (χ0v) is 14.1. The maximum absolute atomic E-state index is 12.2. The van der Waals surface area contributed by atoms with E-state index >= 15 is 0 Å². The first-order chi connectivity index (χ1) is 10.2. The Morgan fingerprint density at radius 3 is 2.91 bits per heavy atom. The zero-order chi connectivity index (χ0) is 14.7. The van der Waals surface area contributed by atoms with Crippen LogP contribution in [0.5, 0.6) is 0 Å². The second-order valence-corrected chi connectivity index (χ2v) is 6.88. The highest BCUT2D eigenvalue weighted by atomic mass is 35.5. The smallest absolute Gasteiger partial charge is 0.271 e. The topological polar surface area (TPSA) is 59.0 Å². The number of aromatic nitrogens is 2. The van der Waals surface area contributed by atoms with Crippen molar-refractivity contribution in [3.8, 4) is 0 Å². The van der Waals surface area contributed by atoms with E-state index in [2.05, 4.69) is 22.7 Å². The fourth-order valence-electron chi connectivity index (χ4n) is 3.51. The Labute approximate surface area is 138 Å². The molecule has 1 aliphatic heterocycles. The van der Waals surface area contributed by atoms with Crippen LogP contribution in [-0.2, 0) is 0 Å². The average Bonchev–Trinajstić information content (AvgIpc) is 3.16. The molecule has 2 N–H and O–H groups in total. The lowest BCUT2D eigenvalue weighted by Crippen LogP contribution is -2.35. The van der Waals surface area contributed by atoms with Crippen molar-refractivity contribution in [3.63, 3.8) is 0 Å². The minimum atomic E-state index is -0.0364. The second-order valence-electron chi connectivity index (χ2n) is 6.88. The Kier molecular flexibility index (Phi) is 5.87. The number of halogens is 1. The van der Waals surface area contributed by atoms with Crippen LogP contribution >= 0.6 is 12.4 Å². The second kappa shape index (κ2) is 7.47. The largest absolute Gasteiger partial charge is 0.350 e. The summed E-state index contributed by atoms with van der Waals surface area (Å²) in [7, 11) is 0. The normalized spacial score (nSPS) is 23.8. The van der Waals surface area contributed by atoms with Gasteiger partial charge >= 0.3 is 0 Å². The molecular weight excluding hydrogens is 300 g/mol. The molecule has 0 radical (unpaired) electrons. The molecule has 0 spiro atoms. The summed E-state index contributed by atoms with van der Waals surface area (Å²) >= 11 is 0. The molecule has 1 aromatic rings. The minimum absolute atomic E-state index is 0. The van der Waals surface area contributed by atoms with Gasteiger partial charge in [-0.25, -0.2) is 0 Å². The molecule has 0 bridgehead atoms. The van der Waals surface area contributed by atoms with Crippen LogP contribution in [0.25, 0.3) is 0 Å². The highest BCUT2D eigenvalue weighted by molar-refractivity contribution is 5.92. The van der Waals surface area contributed by atoms with Crippen LogP contribution in [-0.4, -0.2) is 35.3 Å². The minimum Gasteiger partial charge on any atom is -0.350 e. The molecule has 6 heteroatoms. The van der Waals surface area contributed by atoms with Crippen LogP contribution in [0.15, 0.2) is 12.3 Å². The van der Waals surface area contributed by atoms with E-state index in [1.807, 2.05) is 16.9 Å². The van der Waals surface area contributed by atoms with Gasteiger partial charge in [0.05, 0.1) is 6.04 Å². The van der Waals surface area contributed by atoms with Gasteiger partial charge in [0, 0.05) is 19.3 Å². The number of piperidine rings is 1. The van der Waals surface area contributed by atoms with Crippen molar-refractivity contribution < 1.29 is 4.79 Å². The van der Waals surface area contributed by atoms with Gasteiger partial charge in [0.15, 0.2) is 0 Å². The summed E-state index contributed by atoms with van der Waals surface area (Å²) in [5.74, 6) is -0.0364. The van der Waals surface area contributed by atoms with Crippen LogP contribution in [0, 0.1) is 5.41 Å². The summed E-state index contributed by atoms with van der Waals surface area (Å²) < 4.78 is 1.94. The number of carbonyl (C=O) groups is 1. The Bertz CT molecular complexity index is 490. The van der Waals surface area contributed by atoms with E-state index in [1.165, 1.54) is 32.1 Å². The first-order valence-electron chi connectivity index (χ1n) is 8.20. The van der Waals surface area contributed by atoms with Crippen LogP contribution in [0.3, 0.4) is 0 Å². The molecule has 1 aliphatic carbocycles. The molecule has 1 unspecified atom stereocenters. The maximum atomic E-state index is 12.2. The van der Waals surface area contributed by atoms with Gasteiger partial charge in [-0.15, -0.1) is 12.4 Å². The van der Waals surface area contributed by atoms with Gasteiger partial charge in [-0.1, -0.05) is 19.8 Å². The van der Waals surface area contributed by atoms with Gasteiger partial charge in [0.2, 0.25) is 0 Å². The summed E-state index contributed by atoms with van der Waals surface area (Å²) in [5.41, 5.74) is 0.827. The number of hydrogen-bond donors (Lipinski definition) is 2. The van der Waals surface area contributed by atoms with E-state index < -0.39 is 0 Å².